The normalized spacial score (nSPS) is 12.6. The van der Waals surface area contributed by atoms with Gasteiger partial charge in [0.2, 0.25) is 5.91 Å². The zero-order chi connectivity index (χ0) is 21.8. The molecule has 0 atom stereocenters. The molecule has 0 saturated carbocycles. The van der Waals surface area contributed by atoms with Crippen molar-refractivity contribution in [2.24, 2.45) is 0 Å². The summed E-state index contributed by atoms with van der Waals surface area (Å²) < 4.78 is 1.75. The lowest BCUT2D eigenvalue weighted by Gasteiger charge is -2.09. The predicted molar refractivity (Wildman–Crippen MR) is 125 cm³/mol. The van der Waals surface area contributed by atoms with Gasteiger partial charge in [-0.2, -0.15) is 0 Å². The van der Waals surface area contributed by atoms with Crippen LogP contribution in [0.1, 0.15) is 17.7 Å². The van der Waals surface area contributed by atoms with E-state index in [9.17, 15) is 4.79 Å². The highest BCUT2D eigenvalue weighted by atomic mass is 16.1. The third kappa shape index (κ3) is 4.11. The molecule has 1 amide bonds. The highest BCUT2D eigenvalue weighted by molar-refractivity contribution is 5.93. The number of benzene rings is 2. The SMILES string of the molecule is O=C(Cc1nnn(-c2ccncc2)c1-c1ccccc1)Nc1ccc(C2=CCC=C2)cc1. The molecule has 32 heavy (non-hydrogen) atoms. The topological polar surface area (TPSA) is 72.7 Å². The quantitative estimate of drug-likeness (QED) is 0.485. The molecule has 0 bridgehead atoms. The summed E-state index contributed by atoms with van der Waals surface area (Å²) in [5.41, 5.74) is 6.30. The zero-order valence-corrected chi connectivity index (χ0v) is 17.3. The lowest BCUT2D eigenvalue weighted by atomic mass is 10.1. The molecule has 0 radical (unpaired) electrons. The number of carbonyl (C=O) groups excluding carboxylic acids is 1. The smallest absolute Gasteiger partial charge is 0.230 e. The second kappa shape index (κ2) is 8.81. The van der Waals surface area contributed by atoms with Gasteiger partial charge in [0.25, 0.3) is 0 Å². The Kier molecular flexibility index (Phi) is 5.41. The van der Waals surface area contributed by atoms with Gasteiger partial charge in [-0.25, -0.2) is 4.68 Å². The minimum Gasteiger partial charge on any atom is -0.326 e. The first-order valence-electron chi connectivity index (χ1n) is 10.5. The summed E-state index contributed by atoms with van der Waals surface area (Å²) in [6.07, 6.45) is 10.9. The Morgan fingerprint density at radius 3 is 2.44 bits per heavy atom. The molecule has 0 fully saturated rings. The van der Waals surface area contributed by atoms with Gasteiger partial charge in [0.15, 0.2) is 0 Å². The van der Waals surface area contributed by atoms with Gasteiger partial charge in [-0.05, 0) is 41.8 Å². The van der Waals surface area contributed by atoms with Crippen LogP contribution in [0.4, 0.5) is 5.69 Å². The molecule has 2 heterocycles. The number of pyridine rings is 1. The standard InChI is InChI=1S/C26H21N5O/c32-25(28-22-12-10-20(11-13-22)19-6-4-5-7-19)18-24-26(21-8-2-1-3-9-21)31(30-29-24)23-14-16-27-17-15-23/h1-4,6-17H,5,18H2,(H,28,32). The number of hydrogen-bond acceptors (Lipinski definition) is 4. The molecule has 2 aromatic heterocycles. The third-order valence-corrected chi connectivity index (χ3v) is 5.30. The van der Waals surface area contributed by atoms with E-state index in [2.05, 4.69) is 38.8 Å². The lowest BCUT2D eigenvalue weighted by molar-refractivity contribution is -0.115. The van der Waals surface area contributed by atoms with Crippen LogP contribution >= 0.6 is 0 Å². The maximum absolute atomic E-state index is 12.8. The van der Waals surface area contributed by atoms with Crippen LogP contribution in [0.15, 0.2) is 97.4 Å². The van der Waals surface area contributed by atoms with Crippen LogP contribution in [0.2, 0.25) is 0 Å². The van der Waals surface area contributed by atoms with Crippen molar-refractivity contribution >= 4 is 17.2 Å². The van der Waals surface area contributed by atoms with Crippen LogP contribution < -0.4 is 5.32 Å². The molecule has 1 N–H and O–H groups in total. The van der Waals surface area contributed by atoms with Crippen molar-refractivity contribution in [2.75, 3.05) is 5.32 Å². The Morgan fingerprint density at radius 2 is 1.72 bits per heavy atom. The molecule has 5 rings (SSSR count). The fourth-order valence-electron chi connectivity index (χ4n) is 3.76. The average molecular weight is 419 g/mol. The highest BCUT2D eigenvalue weighted by Gasteiger charge is 2.19. The molecule has 4 aromatic rings. The summed E-state index contributed by atoms with van der Waals surface area (Å²) in [7, 11) is 0. The van der Waals surface area contributed by atoms with Crippen molar-refractivity contribution in [3.8, 4) is 16.9 Å². The van der Waals surface area contributed by atoms with Gasteiger partial charge in [0, 0.05) is 23.6 Å². The van der Waals surface area contributed by atoms with Crippen molar-refractivity contribution in [2.45, 2.75) is 12.8 Å². The highest BCUT2D eigenvalue weighted by Crippen LogP contribution is 2.26. The molecule has 6 nitrogen and oxygen atoms in total. The Morgan fingerprint density at radius 1 is 0.938 bits per heavy atom. The van der Waals surface area contributed by atoms with Crippen molar-refractivity contribution in [3.05, 3.63) is 109 Å². The Balaban J connectivity index is 1.38. The van der Waals surface area contributed by atoms with E-state index in [0.717, 1.165) is 34.6 Å². The largest absolute Gasteiger partial charge is 0.326 e. The number of carbonyl (C=O) groups is 1. The van der Waals surface area contributed by atoms with Crippen LogP contribution in [0, 0.1) is 0 Å². The van der Waals surface area contributed by atoms with E-state index in [1.54, 1.807) is 17.1 Å². The summed E-state index contributed by atoms with van der Waals surface area (Å²) in [4.78, 5) is 16.9. The van der Waals surface area contributed by atoms with Crippen LogP contribution in [-0.4, -0.2) is 25.9 Å². The van der Waals surface area contributed by atoms with Crippen LogP contribution in [0.3, 0.4) is 0 Å². The maximum atomic E-state index is 12.8. The summed E-state index contributed by atoms with van der Waals surface area (Å²) in [6, 6.07) is 21.5. The molecular weight excluding hydrogens is 398 g/mol. The number of hydrogen-bond donors (Lipinski definition) is 1. The fraction of sp³-hybridized carbons (Fsp3) is 0.0769. The van der Waals surface area contributed by atoms with Crippen LogP contribution in [-0.2, 0) is 11.2 Å². The second-order valence-corrected chi connectivity index (χ2v) is 7.47. The average Bonchev–Trinajstić information content (AvgIpc) is 3.51. The van der Waals surface area contributed by atoms with Crippen LogP contribution in [0.5, 0.6) is 0 Å². The van der Waals surface area contributed by atoms with Gasteiger partial charge in [0.1, 0.15) is 5.69 Å². The molecule has 6 heteroatoms. The molecular formula is C26H21N5O. The summed E-state index contributed by atoms with van der Waals surface area (Å²) in [6.45, 7) is 0. The van der Waals surface area contributed by atoms with Gasteiger partial charge >= 0.3 is 0 Å². The van der Waals surface area contributed by atoms with Crippen molar-refractivity contribution < 1.29 is 4.79 Å². The number of amides is 1. The summed E-state index contributed by atoms with van der Waals surface area (Å²) >= 11 is 0. The molecule has 0 aliphatic heterocycles. The Labute approximate surface area is 185 Å². The maximum Gasteiger partial charge on any atom is 0.230 e. The van der Waals surface area contributed by atoms with Crippen LogP contribution in [0.25, 0.3) is 22.5 Å². The first-order valence-corrected chi connectivity index (χ1v) is 10.5. The van der Waals surface area contributed by atoms with E-state index >= 15 is 0 Å². The Bertz CT molecular complexity index is 1290. The minimum absolute atomic E-state index is 0.116. The van der Waals surface area contributed by atoms with E-state index in [-0.39, 0.29) is 12.3 Å². The van der Waals surface area contributed by atoms with Crippen molar-refractivity contribution in [1.29, 1.82) is 0 Å². The van der Waals surface area contributed by atoms with E-state index in [4.69, 9.17) is 0 Å². The number of nitrogens with one attached hydrogen (secondary N) is 1. The second-order valence-electron chi connectivity index (χ2n) is 7.47. The number of anilines is 1. The number of aromatic nitrogens is 4. The fourth-order valence-corrected chi connectivity index (χ4v) is 3.76. The van der Waals surface area contributed by atoms with Gasteiger partial charge in [0.05, 0.1) is 17.8 Å². The first kappa shape index (κ1) is 19.6. The zero-order valence-electron chi connectivity index (χ0n) is 17.3. The predicted octanol–water partition coefficient (Wildman–Crippen LogP) is 4.85. The van der Waals surface area contributed by atoms with E-state index < -0.39 is 0 Å². The lowest BCUT2D eigenvalue weighted by Crippen LogP contribution is -2.15. The number of allylic oxidation sites excluding steroid dienone is 4. The number of nitrogens with zero attached hydrogens (tertiary/aromatic N) is 4. The van der Waals surface area contributed by atoms with E-state index in [1.165, 1.54) is 5.57 Å². The molecule has 0 saturated heterocycles. The molecule has 1 aliphatic rings. The monoisotopic (exact) mass is 419 g/mol. The summed E-state index contributed by atoms with van der Waals surface area (Å²) in [5.74, 6) is -0.142. The van der Waals surface area contributed by atoms with Crippen molar-refractivity contribution in [3.63, 3.8) is 0 Å². The van der Waals surface area contributed by atoms with E-state index in [1.807, 2.05) is 66.7 Å². The molecule has 0 unspecified atom stereocenters. The minimum atomic E-state index is -0.142. The first-order chi connectivity index (χ1) is 15.8. The molecule has 1 aliphatic carbocycles. The van der Waals surface area contributed by atoms with Gasteiger partial charge < -0.3 is 5.32 Å². The van der Waals surface area contributed by atoms with Gasteiger partial charge in [-0.3, -0.25) is 9.78 Å². The van der Waals surface area contributed by atoms with E-state index in [0.29, 0.717) is 5.69 Å². The summed E-state index contributed by atoms with van der Waals surface area (Å²) in [5, 5.41) is 11.6. The van der Waals surface area contributed by atoms with Crippen molar-refractivity contribution in [1.82, 2.24) is 20.0 Å². The van der Waals surface area contributed by atoms with Gasteiger partial charge in [-0.15, -0.1) is 5.10 Å². The third-order valence-electron chi connectivity index (χ3n) is 5.30. The van der Waals surface area contributed by atoms with Gasteiger partial charge in [-0.1, -0.05) is 65.9 Å². The number of rotatable bonds is 6. The molecule has 2 aromatic carbocycles. The molecule has 0 spiro atoms. The Hall–Kier alpha value is -4.32. The molecule has 156 valence electrons.